The summed E-state index contributed by atoms with van der Waals surface area (Å²) in [5, 5.41) is 1.71. The average Bonchev–Trinajstić information content (AvgIpc) is 2.44. The number of fused-ring (bicyclic) bond motifs is 1. The Bertz CT molecular complexity index is 743. The third-order valence-electron chi connectivity index (χ3n) is 2.84. The maximum absolute atomic E-state index is 6.21. The van der Waals surface area contributed by atoms with E-state index < -0.39 is 0 Å². The van der Waals surface area contributed by atoms with E-state index in [4.69, 9.17) is 17.3 Å². The van der Waals surface area contributed by atoms with E-state index in [-0.39, 0.29) is 0 Å². The molecule has 94 valence electrons. The first-order chi connectivity index (χ1) is 9.25. The second-order valence-corrected chi connectivity index (χ2v) is 5.57. The van der Waals surface area contributed by atoms with E-state index in [0.717, 1.165) is 31.4 Å². The Kier molecular flexibility index (Phi) is 3.32. The molecule has 0 amide bonds. The number of hydrogen-bond acceptors (Lipinski definition) is 3. The zero-order valence-electron chi connectivity index (χ0n) is 10.0. The minimum Gasteiger partial charge on any atom is -0.397 e. The number of halogens is 1. The number of nitrogens with zero attached hydrogens (tertiary/aromatic N) is 1. The maximum Gasteiger partial charge on any atom is 0.0723 e. The SMILES string of the molecule is Nc1c(Sc2ccccc2Cl)ccc2ncccc12. The molecule has 4 heteroatoms. The van der Waals surface area contributed by atoms with Crippen LogP contribution in [0.5, 0.6) is 0 Å². The van der Waals surface area contributed by atoms with E-state index in [1.54, 1.807) is 18.0 Å². The molecule has 0 aliphatic rings. The average molecular weight is 287 g/mol. The van der Waals surface area contributed by atoms with Gasteiger partial charge in [0.1, 0.15) is 0 Å². The Balaban J connectivity index is 2.07. The molecule has 0 unspecified atom stereocenters. The Labute approximate surface area is 120 Å². The standard InChI is InChI=1S/C15H11ClN2S/c16-11-5-1-2-6-13(11)19-14-8-7-12-10(15(14)17)4-3-9-18-12/h1-9H,17H2. The lowest BCUT2D eigenvalue weighted by Gasteiger charge is -2.09. The molecule has 0 spiro atoms. The number of nitrogens with two attached hydrogens (primary N) is 1. The number of aromatic nitrogens is 1. The van der Waals surface area contributed by atoms with Gasteiger partial charge in [0, 0.05) is 21.4 Å². The summed E-state index contributed by atoms with van der Waals surface area (Å²) in [7, 11) is 0. The van der Waals surface area contributed by atoms with Crippen LogP contribution in [0.1, 0.15) is 0 Å². The molecule has 1 aromatic heterocycles. The molecular formula is C15H11ClN2S. The molecule has 1 heterocycles. The lowest BCUT2D eigenvalue weighted by molar-refractivity contribution is 1.38. The summed E-state index contributed by atoms with van der Waals surface area (Å²) in [5.41, 5.74) is 7.86. The molecule has 0 atom stereocenters. The van der Waals surface area contributed by atoms with Gasteiger partial charge in [-0.05, 0) is 36.4 Å². The number of benzene rings is 2. The van der Waals surface area contributed by atoms with Crippen molar-refractivity contribution in [3.63, 3.8) is 0 Å². The highest BCUT2D eigenvalue weighted by atomic mass is 35.5. The molecule has 0 aliphatic heterocycles. The van der Waals surface area contributed by atoms with Gasteiger partial charge < -0.3 is 5.73 Å². The number of rotatable bonds is 2. The van der Waals surface area contributed by atoms with Crippen molar-refractivity contribution in [3.8, 4) is 0 Å². The van der Waals surface area contributed by atoms with Gasteiger partial charge in [0.05, 0.1) is 16.2 Å². The molecule has 3 aromatic rings. The molecule has 0 fully saturated rings. The van der Waals surface area contributed by atoms with Crippen molar-refractivity contribution in [1.29, 1.82) is 0 Å². The van der Waals surface area contributed by atoms with Crippen LogP contribution in [0.3, 0.4) is 0 Å². The van der Waals surface area contributed by atoms with Gasteiger partial charge in [-0.1, -0.05) is 35.5 Å². The summed E-state index contributed by atoms with van der Waals surface area (Å²) in [5.74, 6) is 0. The molecule has 2 N–H and O–H groups in total. The van der Waals surface area contributed by atoms with Gasteiger partial charge in [0.15, 0.2) is 0 Å². The zero-order valence-corrected chi connectivity index (χ0v) is 11.6. The second-order valence-electron chi connectivity index (χ2n) is 4.08. The molecule has 0 aliphatic carbocycles. The van der Waals surface area contributed by atoms with E-state index >= 15 is 0 Å². The topological polar surface area (TPSA) is 38.9 Å². The van der Waals surface area contributed by atoms with E-state index in [2.05, 4.69) is 4.98 Å². The molecule has 0 bridgehead atoms. The van der Waals surface area contributed by atoms with Gasteiger partial charge in [-0.15, -0.1) is 0 Å². The zero-order chi connectivity index (χ0) is 13.2. The Morgan fingerprint density at radius 1 is 0.947 bits per heavy atom. The van der Waals surface area contributed by atoms with Crippen molar-refractivity contribution < 1.29 is 0 Å². The third-order valence-corrected chi connectivity index (χ3v) is 4.44. The predicted molar refractivity (Wildman–Crippen MR) is 81.7 cm³/mol. The van der Waals surface area contributed by atoms with E-state index in [0.29, 0.717) is 0 Å². The van der Waals surface area contributed by atoms with E-state index in [1.165, 1.54) is 0 Å². The molecule has 0 saturated carbocycles. The molecule has 3 rings (SSSR count). The smallest absolute Gasteiger partial charge is 0.0723 e. The van der Waals surface area contributed by atoms with Crippen molar-refractivity contribution >= 4 is 40.0 Å². The Morgan fingerprint density at radius 2 is 1.79 bits per heavy atom. The largest absolute Gasteiger partial charge is 0.397 e. The fraction of sp³-hybridized carbons (Fsp3) is 0. The number of hydrogen-bond donors (Lipinski definition) is 1. The van der Waals surface area contributed by atoms with Crippen LogP contribution >= 0.6 is 23.4 Å². The highest BCUT2D eigenvalue weighted by Crippen LogP contribution is 2.38. The summed E-state index contributed by atoms with van der Waals surface area (Å²) in [6, 6.07) is 15.6. The molecular weight excluding hydrogens is 276 g/mol. The number of nitrogen functional groups attached to an aromatic ring is 1. The van der Waals surface area contributed by atoms with Crippen LogP contribution in [0, 0.1) is 0 Å². The van der Waals surface area contributed by atoms with Crippen LogP contribution in [-0.4, -0.2) is 4.98 Å². The van der Waals surface area contributed by atoms with Gasteiger partial charge in [0.25, 0.3) is 0 Å². The molecule has 0 radical (unpaired) electrons. The maximum atomic E-state index is 6.21. The van der Waals surface area contributed by atoms with Crippen LogP contribution in [0.15, 0.2) is 64.5 Å². The summed E-state index contributed by atoms with van der Waals surface area (Å²) < 4.78 is 0. The van der Waals surface area contributed by atoms with Crippen LogP contribution in [0.2, 0.25) is 5.02 Å². The first-order valence-electron chi connectivity index (χ1n) is 5.81. The summed E-state index contributed by atoms with van der Waals surface area (Å²) >= 11 is 7.74. The summed E-state index contributed by atoms with van der Waals surface area (Å²) in [4.78, 5) is 6.29. The molecule has 2 nitrogen and oxygen atoms in total. The number of anilines is 1. The highest BCUT2D eigenvalue weighted by Gasteiger charge is 2.08. The lowest BCUT2D eigenvalue weighted by Crippen LogP contribution is -1.91. The van der Waals surface area contributed by atoms with E-state index in [1.807, 2.05) is 48.5 Å². The normalized spacial score (nSPS) is 10.8. The highest BCUT2D eigenvalue weighted by molar-refractivity contribution is 7.99. The minimum atomic E-state index is 0.734. The summed E-state index contributed by atoms with van der Waals surface area (Å²) in [6.45, 7) is 0. The third kappa shape index (κ3) is 2.39. The Hall–Kier alpha value is -1.71. The fourth-order valence-electron chi connectivity index (χ4n) is 1.89. The van der Waals surface area contributed by atoms with Crippen LogP contribution in [-0.2, 0) is 0 Å². The van der Waals surface area contributed by atoms with Crippen molar-refractivity contribution in [2.24, 2.45) is 0 Å². The van der Waals surface area contributed by atoms with Crippen LogP contribution in [0.4, 0.5) is 5.69 Å². The van der Waals surface area contributed by atoms with Crippen molar-refractivity contribution in [3.05, 3.63) is 59.8 Å². The molecule has 0 saturated heterocycles. The van der Waals surface area contributed by atoms with Crippen LogP contribution < -0.4 is 5.73 Å². The van der Waals surface area contributed by atoms with Gasteiger partial charge >= 0.3 is 0 Å². The number of pyridine rings is 1. The van der Waals surface area contributed by atoms with Gasteiger partial charge in [-0.3, -0.25) is 4.98 Å². The first-order valence-corrected chi connectivity index (χ1v) is 7.01. The monoisotopic (exact) mass is 286 g/mol. The van der Waals surface area contributed by atoms with Crippen molar-refractivity contribution in [2.45, 2.75) is 9.79 Å². The van der Waals surface area contributed by atoms with Gasteiger partial charge in [-0.2, -0.15) is 0 Å². The Morgan fingerprint density at radius 3 is 2.63 bits per heavy atom. The van der Waals surface area contributed by atoms with Gasteiger partial charge in [-0.25, -0.2) is 0 Å². The van der Waals surface area contributed by atoms with Crippen molar-refractivity contribution in [2.75, 3.05) is 5.73 Å². The van der Waals surface area contributed by atoms with Crippen molar-refractivity contribution in [1.82, 2.24) is 4.98 Å². The lowest BCUT2D eigenvalue weighted by atomic mass is 10.2. The predicted octanol–water partition coefficient (Wildman–Crippen LogP) is 4.62. The quantitative estimate of drug-likeness (QED) is 0.699. The molecule has 2 aromatic carbocycles. The minimum absolute atomic E-state index is 0.734. The first kappa shape index (κ1) is 12.3. The van der Waals surface area contributed by atoms with Gasteiger partial charge in [0.2, 0.25) is 0 Å². The fourth-order valence-corrected chi connectivity index (χ4v) is 3.05. The molecule has 19 heavy (non-hydrogen) atoms. The van der Waals surface area contributed by atoms with E-state index in [9.17, 15) is 0 Å². The second kappa shape index (κ2) is 5.11. The van der Waals surface area contributed by atoms with Crippen LogP contribution in [0.25, 0.3) is 10.9 Å². The summed E-state index contributed by atoms with van der Waals surface area (Å²) in [6.07, 6.45) is 1.77.